The largest absolute Gasteiger partial charge is 0.202 e. The van der Waals surface area contributed by atoms with Crippen molar-refractivity contribution >= 4 is 0 Å². The van der Waals surface area contributed by atoms with Gasteiger partial charge in [0.05, 0.1) is 0 Å². The van der Waals surface area contributed by atoms with Crippen LogP contribution in [0.4, 0.5) is 0 Å². The number of benzene rings is 1. The minimum Gasteiger partial charge on any atom is -0.202 e. The van der Waals surface area contributed by atoms with Crippen molar-refractivity contribution in [2.75, 3.05) is 0 Å². The van der Waals surface area contributed by atoms with Gasteiger partial charge in [-0.25, -0.2) is 4.57 Å². The molecule has 0 spiro atoms. The van der Waals surface area contributed by atoms with E-state index in [1.54, 1.807) is 0 Å². The van der Waals surface area contributed by atoms with Gasteiger partial charge in [-0.3, -0.25) is 0 Å². The van der Waals surface area contributed by atoms with Crippen LogP contribution in [0, 0.1) is 13.8 Å². The summed E-state index contributed by atoms with van der Waals surface area (Å²) in [5, 5.41) is 0. The molecule has 1 heteroatoms. The fraction of sp³-hybridized carbons (Fsp3) is 0.312. The second kappa shape index (κ2) is 5.62. The molecule has 2 aromatic rings. The van der Waals surface area contributed by atoms with Crippen LogP contribution in [0.15, 0.2) is 48.7 Å². The molecule has 0 aliphatic carbocycles. The summed E-state index contributed by atoms with van der Waals surface area (Å²) in [5.74, 6) is 0. The molecular weight excluding hydrogens is 206 g/mol. The molecule has 0 N–H and O–H groups in total. The van der Waals surface area contributed by atoms with E-state index in [2.05, 4.69) is 67.1 Å². The summed E-state index contributed by atoms with van der Waals surface area (Å²) >= 11 is 0. The molecule has 0 amide bonds. The summed E-state index contributed by atoms with van der Waals surface area (Å²) in [7, 11) is 0. The monoisotopic (exact) mass is 226 g/mol. The maximum Gasteiger partial charge on any atom is 0.181 e. The molecule has 88 valence electrons. The molecule has 0 atom stereocenters. The van der Waals surface area contributed by atoms with Gasteiger partial charge in [-0.05, 0) is 25.0 Å². The minimum atomic E-state index is 1.10. The first-order chi connectivity index (χ1) is 8.27. The van der Waals surface area contributed by atoms with Crippen LogP contribution < -0.4 is 4.57 Å². The van der Waals surface area contributed by atoms with Crippen molar-refractivity contribution in [3.8, 4) is 0 Å². The summed E-state index contributed by atoms with van der Waals surface area (Å²) < 4.78 is 2.35. The molecule has 0 radical (unpaired) electrons. The third-order valence-electron chi connectivity index (χ3n) is 3.32. The summed E-state index contributed by atoms with van der Waals surface area (Å²) in [4.78, 5) is 0. The summed E-state index contributed by atoms with van der Waals surface area (Å²) in [6.45, 7) is 5.46. The van der Waals surface area contributed by atoms with Crippen LogP contribution >= 0.6 is 0 Å². The number of aryl methyl sites for hydroxylation is 3. The Labute approximate surface area is 104 Å². The lowest BCUT2D eigenvalue weighted by Crippen LogP contribution is -2.37. The molecule has 0 fully saturated rings. The molecule has 1 aromatic heterocycles. The van der Waals surface area contributed by atoms with Crippen LogP contribution in [0.3, 0.4) is 0 Å². The molecule has 0 aliphatic heterocycles. The highest BCUT2D eigenvalue weighted by Gasteiger charge is 2.07. The SMILES string of the molecule is Cc1ccc[n+](CCCc2ccccc2)c1C. The zero-order valence-electron chi connectivity index (χ0n) is 10.7. The number of hydrogen-bond acceptors (Lipinski definition) is 0. The van der Waals surface area contributed by atoms with Gasteiger partial charge < -0.3 is 0 Å². The number of hydrogen-bond donors (Lipinski definition) is 0. The Balaban J connectivity index is 1.93. The molecule has 1 aromatic carbocycles. The van der Waals surface area contributed by atoms with Gasteiger partial charge in [0.15, 0.2) is 11.9 Å². The molecule has 0 saturated heterocycles. The number of nitrogens with zero attached hydrogens (tertiary/aromatic N) is 1. The van der Waals surface area contributed by atoms with Crippen molar-refractivity contribution in [2.24, 2.45) is 0 Å². The standard InChI is InChI=1S/C16H20N/c1-14-8-6-12-17(15(14)2)13-7-11-16-9-4-3-5-10-16/h3-6,8-10,12H,7,11,13H2,1-2H3/q+1. The molecule has 1 nitrogen and oxygen atoms in total. The number of aromatic nitrogens is 1. The van der Waals surface area contributed by atoms with Crippen molar-refractivity contribution in [3.05, 3.63) is 65.5 Å². The third kappa shape index (κ3) is 3.16. The Morgan fingerprint density at radius 1 is 0.941 bits per heavy atom. The molecule has 0 unspecified atom stereocenters. The summed E-state index contributed by atoms with van der Waals surface area (Å²) in [5.41, 5.74) is 4.17. The van der Waals surface area contributed by atoms with Crippen molar-refractivity contribution in [3.63, 3.8) is 0 Å². The van der Waals surface area contributed by atoms with E-state index < -0.39 is 0 Å². The smallest absolute Gasteiger partial charge is 0.181 e. The Hall–Kier alpha value is -1.63. The lowest BCUT2D eigenvalue weighted by Gasteiger charge is -2.03. The zero-order chi connectivity index (χ0) is 12.1. The van der Waals surface area contributed by atoms with Crippen LogP contribution in [0.25, 0.3) is 0 Å². The molecule has 0 bridgehead atoms. The lowest BCUT2D eigenvalue weighted by molar-refractivity contribution is -0.703. The average molecular weight is 226 g/mol. The molecule has 1 heterocycles. The van der Waals surface area contributed by atoms with E-state index in [1.807, 2.05) is 0 Å². The van der Waals surface area contributed by atoms with Crippen molar-refractivity contribution in [1.82, 2.24) is 0 Å². The van der Waals surface area contributed by atoms with E-state index in [0.717, 1.165) is 13.0 Å². The van der Waals surface area contributed by atoms with E-state index in [9.17, 15) is 0 Å². The fourth-order valence-corrected chi connectivity index (χ4v) is 2.09. The maximum atomic E-state index is 2.35. The summed E-state index contributed by atoms with van der Waals surface area (Å²) in [6.07, 6.45) is 4.52. The van der Waals surface area contributed by atoms with Crippen molar-refractivity contribution in [1.29, 1.82) is 0 Å². The molecular formula is C16H20N+. The summed E-state index contributed by atoms with van der Waals surface area (Å²) in [6, 6.07) is 15.0. The molecule has 17 heavy (non-hydrogen) atoms. The second-order valence-electron chi connectivity index (χ2n) is 4.56. The van der Waals surface area contributed by atoms with Crippen molar-refractivity contribution in [2.45, 2.75) is 33.2 Å². The highest BCUT2D eigenvalue weighted by molar-refractivity contribution is 5.14. The predicted molar refractivity (Wildman–Crippen MR) is 70.9 cm³/mol. The highest BCUT2D eigenvalue weighted by Crippen LogP contribution is 2.03. The van der Waals surface area contributed by atoms with Crippen LogP contribution in [0.1, 0.15) is 23.2 Å². The van der Waals surface area contributed by atoms with Crippen LogP contribution in [-0.4, -0.2) is 0 Å². The first-order valence-electron chi connectivity index (χ1n) is 6.27. The predicted octanol–water partition coefficient (Wildman–Crippen LogP) is 3.22. The molecule has 2 rings (SSSR count). The Morgan fingerprint density at radius 3 is 2.47 bits per heavy atom. The van der Waals surface area contributed by atoms with Gasteiger partial charge >= 0.3 is 0 Å². The Kier molecular flexibility index (Phi) is 3.92. The molecule has 0 saturated carbocycles. The fourth-order valence-electron chi connectivity index (χ4n) is 2.09. The van der Waals surface area contributed by atoms with Gasteiger partial charge in [-0.2, -0.15) is 0 Å². The van der Waals surface area contributed by atoms with Gasteiger partial charge in [0, 0.05) is 25.0 Å². The number of rotatable bonds is 4. The zero-order valence-corrected chi connectivity index (χ0v) is 10.7. The van der Waals surface area contributed by atoms with Gasteiger partial charge in [0.2, 0.25) is 0 Å². The van der Waals surface area contributed by atoms with Crippen LogP contribution in [0.5, 0.6) is 0 Å². The van der Waals surface area contributed by atoms with Crippen molar-refractivity contribution < 1.29 is 4.57 Å². The third-order valence-corrected chi connectivity index (χ3v) is 3.32. The second-order valence-corrected chi connectivity index (χ2v) is 4.56. The first kappa shape index (κ1) is 11.8. The lowest BCUT2D eigenvalue weighted by atomic mass is 10.1. The maximum absolute atomic E-state index is 2.35. The molecule has 0 aliphatic rings. The van der Waals surface area contributed by atoms with Gasteiger partial charge in [-0.1, -0.05) is 30.3 Å². The number of pyridine rings is 1. The van der Waals surface area contributed by atoms with Crippen LogP contribution in [-0.2, 0) is 13.0 Å². The van der Waals surface area contributed by atoms with E-state index >= 15 is 0 Å². The quantitative estimate of drug-likeness (QED) is 0.705. The van der Waals surface area contributed by atoms with Crippen LogP contribution in [0.2, 0.25) is 0 Å². The van der Waals surface area contributed by atoms with E-state index in [1.165, 1.54) is 23.2 Å². The highest BCUT2D eigenvalue weighted by atomic mass is 14.9. The topological polar surface area (TPSA) is 3.88 Å². The Bertz CT molecular complexity index is 474. The van der Waals surface area contributed by atoms with Gasteiger partial charge in [0.25, 0.3) is 0 Å². The average Bonchev–Trinajstić information content (AvgIpc) is 2.36. The van der Waals surface area contributed by atoms with Gasteiger partial charge in [0.1, 0.15) is 6.54 Å². The van der Waals surface area contributed by atoms with Gasteiger partial charge in [-0.15, -0.1) is 0 Å². The Morgan fingerprint density at radius 2 is 1.71 bits per heavy atom. The van der Waals surface area contributed by atoms with E-state index in [-0.39, 0.29) is 0 Å². The van der Waals surface area contributed by atoms with E-state index in [4.69, 9.17) is 0 Å². The normalized spacial score (nSPS) is 10.5. The first-order valence-corrected chi connectivity index (χ1v) is 6.27. The van der Waals surface area contributed by atoms with E-state index in [0.29, 0.717) is 0 Å². The minimum absolute atomic E-state index is 1.10.